The van der Waals surface area contributed by atoms with Crippen LogP contribution in [0.2, 0.25) is 0 Å². The summed E-state index contributed by atoms with van der Waals surface area (Å²) in [6.07, 6.45) is 3.45. The van der Waals surface area contributed by atoms with E-state index in [-0.39, 0.29) is 5.69 Å². The molecule has 0 bridgehead atoms. The number of anilines is 1. The Labute approximate surface area is 122 Å². The molecule has 2 N–H and O–H groups in total. The van der Waals surface area contributed by atoms with Crippen LogP contribution in [-0.4, -0.2) is 36.9 Å². The summed E-state index contributed by atoms with van der Waals surface area (Å²) in [6, 6.07) is 3.48. The number of rotatable bonds is 4. The Morgan fingerprint density at radius 1 is 1.19 bits per heavy atom. The molecule has 21 heavy (non-hydrogen) atoms. The predicted molar refractivity (Wildman–Crippen MR) is 75.9 cm³/mol. The molecule has 1 aliphatic rings. The normalized spacial score (nSPS) is 17.2. The van der Waals surface area contributed by atoms with Gasteiger partial charge in [-0.25, -0.2) is 9.18 Å². The molecule has 1 fully saturated rings. The largest absolute Gasteiger partial charge is 0.478 e. The van der Waals surface area contributed by atoms with Gasteiger partial charge in [0.05, 0.1) is 5.69 Å². The number of carboxylic acid groups (broad SMARTS) is 1. The molecule has 0 amide bonds. The first-order valence-electron chi connectivity index (χ1n) is 6.71. The van der Waals surface area contributed by atoms with Gasteiger partial charge in [0.2, 0.25) is 0 Å². The molecular formula is C13H17FN2O4S. The van der Waals surface area contributed by atoms with Gasteiger partial charge < -0.3 is 5.11 Å². The lowest BCUT2D eigenvalue weighted by molar-refractivity contribution is 0.0693. The zero-order chi connectivity index (χ0) is 15.5. The van der Waals surface area contributed by atoms with E-state index in [0.29, 0.717) is 13.1 Å². The fourth-order valence-corrected chi connectivity index (χ4v) is 3.63. The van der Waals surface area contributed by atoms with Crippen LogP contribution >= 0.6 is 0 Å². The summed E-state index contributed by atoms with van der Waals surface area (Å²) < 4.78 is 41.6. The van der Waals surface area contributed by atoms with E-state index < -0.39 is 27.6 Å². The average molecular weight is 316 g/mol. The molecule has 1 aliphatic heterocycles. The lowest BCUT2D eigenvalue weighted by Gasteiger charge is -2.21. The number of nitrogens with zero attached hydrogens (tertiary/aromatic N) is 1. The van der Waals surface area contributed by atoms with E-state index >= 15 is 0 Å². The van der Waals surface area contributed by atoms with Crippen LogP contribution in [-0.2, 0) is 10.2 Å². The van der Waals surface area contributed by atoms with Crippen molar-refractivity contribution in [3.05, 3.63) is 29.6 Å². The smallest absolute Gasteiger partial charge is 0.340 e. The van der Waals surface area contributed by atoms with Crippen molar-refractivity contribution in [3.8, 4) is 0 Å². The molecule has 0 aromatic heterocycles. The summed E-state index contributed by atoms with van der Waals surface area (Å²) in [5, 5.41) is 9.01. The highest BCUT2D eigenvalue weighted by molar-refractivity contribution is 7.90. The Balaban J connectivity index is 2.28. The second kappa shape index (κ2) is 6.40. The van der Waals surface area contributed by atoms with Crippen LogP contribution in [0.25, 0.3) is 0 Å². The zero-order valence-corrected chi connectivity index (χ0v) is 12.2. The van der Waals surface area contributed by atoms with Gasteiger partial charge in [-0.15, -0.1) is 0 Å². The van der Waals surface area contributed by atoms with Gasteiger partial charge >= 0.3 is 16.2 Å². The van der Waals surface area contributed by atoms with Crippen molar-refractivity contribution >= 4 is 21.9 Å². The molecule has 1 aromatic carbocycles. The van der Waals surface area contributed by atoms with Crippen LogP contribution in [0, 0.1) is 5.82 Å². The fraction of sp³-hybridized carbons (Fsp3) is 0.462. The van der Waals surface area contributed by atoms with Crippen molar-refractivity contribution in [1.82, 2.24) is 4.31 Å². The fourth-order valence-electron chi connectivity index (χ4n) is 2.31. The lowest BCUT2D eigenvalue weighted by atomic mass is 10.2. The molecule has 0 aliphatic carbocycles. The first-order chi connectivity index (χ1) is 9.92. The van der Waals surface area contributed by atoms with Crippen LogP contribution < -0.4 is 4.72 Å². The van der Waals surface area contributed by atoms with Gasteiger partial charge in [0.1, 0.15) is 11.4 Å². The number of aromatic carboxylic acids is 1. The van der Waals surface area contributed by atoms with Crippen LogP contribution in [0.4, 0.5) is 10.1 Å². The molecule has 1 heterocycles. The third-order valence-electron chi connectivity index (χ3n) is 3.37. The minimum Gasteiger partial charge on any atom is -0.478 e. The number of carboxylic acids is 1. The van der Waals surface area contributed by atoms with Crippen LogP contribution in [0.5, 0.6) is 0 Å². The third-order valence-corrected chi connectivity index (χ3v) is 4.89. The van der Waals surface area contributed by atoms with Gasteiger partial charge in [-0.2, -0.15) is 12.7 Å². The summed E-state index contributed by atoms with van der Waals surface area (Å²) in [4.78, 5) is 11.1. The minimum atomic E-state index is -3.88. The van der Waals surface area contributed by atoms with Gasteiger partial charge in [-0.05, 0) is 25.0 Å². The molecule has 0 spiro atoms. The molecule has 0 saturated carbocycles. The molecule has 0 radical (unpaired) electrons. The first-order valence-corrected chi connectivity index (χ1v) is 8.15. The molecule has 0 unspecified atom stereocenters. The SMILES string of the molecule is O=C(O)c1c(F)cccc1NS(=O)(=O)N1CCCCCC1. The molecule has 116 valence electrons. The van der Waals surface area contributed by atoms with Crippen LogP contribution in [0.15, 0.2) is 18.2 Å². The second-order valence-corrected chi connectivity index (χ2v) is 6.56. The first kappa shape index (κ1) is 15.7. The second-order valence-electron chi connectivity index (χ2n) is 4.89. The van der Waals surface area contributed by atoms with E-state index in [9.17, 15) is 17.6 Å². The van der Waals surface area contributed by atoms with Crippen LogP contribution in [0.3, 0.4) is 0 Å². The topological polar surface area (TPSA) is 86.7 Å². The van der Waals surface area contributed by atoms with Crippen molar-refractivity contribution in [2.24, 2.45) is 0 Å². The molecule has 1 aromatic rings. The van der Waals surface area contributed by atoms with E-state index in [1.54, 1.807) is 0 Å². The monoisotopic (exact) mass is 316 g/mol. The van der Waals surface area contributed by atoms with Crippen molar-refractivity contribution < 1.29 is 22.7 Å². The Morgan fingerprint density at radius 3 is 2.38 bits per heavy atom. The Kier molecular flexibility index (Phi) is 4.79. The average Bonchev–Trinajstić information content (AvgIpc) is 2.67. The van der Waals surface area contributed by atoms with Gasteiger partial charge in [-0.1, -0.05) is 18.9 Å². The van der Waals surface area contributed by atoms with Crippen molar-refractivity contribution in [2.45, 2.75) is 25.7 Å². The highest BCUT2D eigenvalue weighted by Gasteiger charge is 2.25. The van der Waals surface area contributed by atoms with Crippen molar-refractivity contribution in [3.63, 3.8) is 0 Å². The molecule has 1 saturated heterocycles. The maximum absolute atomic E-state index is 13.6. The summed E-state index contributed by atoms with van der Waals surface area (Å²) in [7, 11) is -3.88. The summed E-state index contributed by atoms with van der Waals surface area (Å²) in [5.41, 5.74) is -0.928. The predicted octanol–water partition coefficient (Wildman–Crippen LogP) is 2.06. The number of benzene rings is 1. The van der Waals surface area contributed by atoms with E-state index in [4.69, 9.17) is 5.11 Å². The molecule has 6 nitrogen and oxygen atoms in total. The number of nitrogens with one attached hydrogen (secondary N) is 1. The lowest BCUT2D eigenvalue weighted by Crippen LogP contribution is -2.37. The molecular weight excluding hydrogens is 299 g/mol. The summed E-state index contributed by atoms with van der Waals surface area (Å²) >= 11 is 0. The molecule has 8 heteroatoms. The van der Waals surface area contributed by atoms with E-state index in [2.05, 4.69) is 4.72 Å². The van der Waals surface area contributed by atoms with E-state index in [0.717, 1.165) is 31.7 Å². The standard InChI is InChI=1S/C13H17FN2O4S/c14-10-6-5-7-11(12(10)13(17)18)15-21(19,20)16-8-3-1-2-4-9-16/h5-7,15H,1-4,8-9H2,(H,17,18). The number of carbonyl (C=O) groups is 1. The number of halogens is 1. The molecule has 2 rings (SSSR count). The van der Waals surface area contributed by atoms with Gasteiger partial charge in [0, 0.05) is 13.1 Å². The maximum atomic E-state index is 13.6. The Bertz CT molecular complexity index is 625. The number of hydrogen-bond donors (Lipinski definition) is 2. The molecule has 0 atom stereocenters. The quantitative estimate of drug-likeness (QED) is 0.890. The van der Waals surface area contributed by atoms with Crippen LogP contribution in [0.1, 0.15) is 36.0 Å². The van der Waals surface area contributed by atoms with Crippen molar-refractivity contribution in [2.75, 3.05) is 17.8 Å². The van der Waals surface area contributed by atoms with Gasteiger partial charge in [-0.3, -0.25) is 4.72 Å². The van der Waals surface area contributed by atoms with E-state index in [1.165, 1.54) is 16.4 Å². The third kappa shape index (κ3) is 3.70. The zero-order valence-electron chi connectivity index (χ0n) is 11.4. The highest BCUT2D eigenvalue weighted by atomic mass is 32.2. The van der Waals surface area contributed by atoms with Gasteiger partial charge in [0.25, 0.3) is 0 Å². The maximum Gasteiger partial charge on any atom is 0.340 e. The van der Waals surface area contributed by atoms with Crippen molar-refractivity contribution in [1.29, 1.82) is 0 Å². The Hall–Kier alpha value is -1.67. The van der Waals surface area contributed by atoms with E-state index in [1.807, 2.05) is 0 Å². The summed E-state index contributed by atoms with van der Waals surface area (Å²) in [6.45, 7) is 0.764. The summed E-state index contributed by atoms with van der Waals surface area (Å²) in [5.74, 6) is -2.49. The highest BCUT2D eigenvalue weighted by Crippen LogP contribution is 2.22. The Morgan fingerprint density at radius 2 is 1.81 bits per heavy atom. The van der Waals surface area contributed by atoms with Gasteiger partial charge in [0.15, 0.2) is 0 Å². The number of hydrogen-bond acceptors (Lipinski definition) is 3. The minimum absolute atomic E-state index is 0.258.